The molecule has 4 nitrogen and oxygen atoms in total. The summed E-state index contributed by atoms with van der Waals surface area (Å²) in [5.74, 6) is 4.57. The molecule has 0 unspecified atom stereocenters. The van der Waals surface area contributed by atoms with Crippen LogP contribution in [0.1, 0.15) is 69.1 Å². The van der Waals surface area contributed by atoms with Crippen molar-refractivity contribution in [3.05, 3.63) is 187 Å². The molecule has 66 heavy (non-hydrogen) atoms. The Kier molecular flexibility index (Phi) is 8.18. The molecule has 4 fully saturated rings. The molecule has 5 aliphatic rings. The molecule has 2 aromatic heterocycles. The van der Waals surface area contributed by atoms with Crippen LogP contribution in [0.2, 0.25) is 0 Å². The Labute approximate surface area is 385 Å². The van der Waals surface area contributed by atoms with E-state index in [2.05, 4.69) is 184 Å². The van der Waals surface area contributed by atoms with Gasteiger partial charge in [0.05, 0.1) is 5.56 Å². The standard InChI is InChI=1S/C62H49N3O/c1-61(2)52-15-9-8-14-49(52)50-26-22-45(33-53(50)61)59-63-58(44-18-16-41(17-19-44)40-10-4-3-5-11-40)64-60(65-59)51-28-27-48(56-55-47-13-7-6-12-42(47)23-29-54(55)66-57(51)56)43-20-24-46(25-21-43)62-34-37-30-38(35-62)32-39(31-37)36-62/h3-29,33,37-39H,30-32,34-36H2,1-2H3. The normalized spacial score (nSPS) is 21.2. The second-order valence-electron chi connectivity index (χ2n) is 20.6. The maximum atomic E-state index is 7.08. The number of nitrogens with zero attached hydrogens (tertiary/aromatic N) is 3. The fourth-order valence-corrected chi connectivity index (χ4v) is 13.6. The molecule has 0 spiro atoms. The molecule has 0 radical (unpaired) electrons. The van der Waals surface area contributed by atoms with Crippen molar-refractivity contribution < 1.29 is 4.42 Å². The minimum atomic E-state index is -0.166. The summed E-state index contributed by atoms with van der Waals surface area (Å²) in [4.78, 5) is 16.0. The molecular formula is C62H49N3O. The first kappa shape index (κ1) is 38.1. The minimum Gasteiger partial charge on any atom is -0.455 e. The van der Waals surface area contributed by atoms with E-state index >= 15 is 0 Å². The van der Waals surface area contributed by atoms with Gasteiger partial charge in [0, 0.05) is 27.3 Å². The highest BCUT2D eigenvalue weighted by molar-refractivity contribution is 6.24. The SMILES string of the molecule is CC1(C)c2ccccc2-c2ccc(-c3nc(-c4ccc(-c5ccccc5)cc4)nc(-c4ccc(-c5ccc(C67CC8CC(CC(C8)C6)C7)cc5)c5c4oc4ccc6ccccc6c45)n3)cc21. The summed E-state index contributed by atoms with van der Waals surface area (Å²) < 4.78 is 7.08. The van der Waals surface area contributed by atoms with Crippen LogP contribution in [0.5, 0.6) is 0 Å². The molecule has 15 rings (SSSR count). The summed E-state index contributed by atoms with van der Waals surface area (Å²) in [5, 5.41) is 4.58. The zero-order valence-corrected chi connectivity index (χ0v) is 37.4. The largest absolute Gasteiger partial charge is 0.455 e. The lowest BCUT2D eigenvalue weighted by atomic mass is 9.48. The zero-order valence-electron chi connectivity index (χ0n) is 37.4. The summed E-state index contributed by atoms with van der Waals surface area (Å²) in [6, 6.07) is 61.7. The van der Waals surface area contributed by atoms with Gasteiger partial charge in [0.25, 0.3) is 0 Å². The molecule has 318 valence electrons. The lowest BCUT2D eigenvalue weighted by Crippen LogP contribution is -2.48. The van der Waals surface area contributed by atoms with Gasteiger partial charge in [-0.25, -0.2) is 15.0 Å². The molecule has 5 aliphatic carbocycles. The van der Waals surface area contributed by atoms with E-state index in [1.54, 1.807) is 5.56 Å². The van der Waals surface area contributed by atoms with Crippen LogP contribution in [0.3, 0.4) is 0 Å². The van der Waals surface area contributed by atoms with Crippen LogP contribution in [-0.2, 0) is 10.8 Å². The van der Waals surface area contributed by atoms with Gasteiger partial charge in [0.2, 0.25) is 0 Å². The molecular weight excluding hydrogens is 803 g/mol. The summed E-state index contributed by atoms with van der Waals surface area (Å²) >= 11 is 0. The molecule has 0 atom stereocenters. The van der Waals surface area contributed by atoms with Gasteiger partial charge < -0.3 is 4.42 Å². The number of benzene rings is 8. The molecule has 10 aromatic rings. The lowest BCUT2D eigenvalue weighted by molar-refractivity contribution is -0.00518. The van der Waals surface area contributed by atoms with E-state index < -0.39 is 0 Å². The molecule has 4 saturated carbocycles. The van der Waals surface area contributed by atoms with Gasteiger partial charge in [-0.05, 0) is 141 Å². The molecule has 0 saturated heterocycles. The topological polar surface area (TPSA) is 51.8 Å². The number of hydrogen-bond donors (Lipinski definition) is 0. The lowest BCUT2D eigenvalue weighted by Gasteiger charge is -2.57. The highest BCUT2D eigenvalue weighted by atomic mass is 16.3. The molecule has 8 aromatic carbocycles. The van der Waals surface area contributed by atoms with Gasteiger partial charge in [-0.1, -0.05) is 166 Å². The number of rotatable bonds is 6. The van der Waals surface area contributed by atoms with Crippen LogP contribution in [0, 0.1) is 17.8 Å². The minimum absolute atomic E-state index is 0.166. The first-order valence-corrected chi connectivity index (χ1v) is 24.0. The van der Waals surface area contributed by atoms with Gasteiger partial charge in [-0.15, -0.1) is 0 Å². The monoisotopic (exact) mass is 851 g/mol. The molecule has 2 heterocycles. The van der Waals surface area contributed by atoms with E-state index in [0.717, 1.165) is 67.5 Å². The van der Waals surface area contributed by atoms with E-state index in [1.165, 1.54) is 82.7 Å². The summed E-state index contributed by atoms with van der Waals surface area (Å²) in [5.41, 5.74) is 16.0. The third-order valence-electron chi connectivity index (χ3n) is 16.3. The maximum Gasteiger partial charge on any atom is 0.167 e. The van der Waals surface area contributed by atoms with E-state index in [-0.39, 0.29) is 5.41 Å². The van der Waals surface area contributed by atoms with Gasteiger partial charge in [0.15, 0.2) is 17.5 Å². The fraction of sp³-hybridized carbons (Fsp3) is 0.210. The predicted molar refractivity (Wildman–Crippen MR) is 269 cm³/mol. The molecule has 4 bridgehead atoms. The van der Waals surface area contributed by atoms with Crippen LogP contribution < -0.4 is 0 Å². The smallest absolute Gasteiger partial charge is 0.167 e. The Morgan fingerprint density at radius 1 is 0.439 bits per heavy atom. The molecule has 0 N–H and O–H groups in total. The van der Waals surface area contributed by atoms with Crippen LogP contribution in [0.15, 0.2) is 174 Å². The fourth-order valence-electron chi connectivity index (χ4n) is 13.6. The Bertz CT molecular complexity index is 3550. The van der Waals surface area contributed by atoms with Crippen LogP contribution in [0.25, 0.3) is 100 Å². The number of furan rings is 1. The van der Waals surface area contributed by atoms with E-state index in [0.29, 0.717) is 22.9 Å². The Balaban J connectivity index is 0.955. The Morgan fingerprint density at radius 3 is 1.79 bits per heavy atom. The molecule has 0 amide bonds. The third kappa shape index (κ3) is 5.80. The van der Waals surface area contributed by atoms with Crippen molar-refractivity contribution >= 4 is 32.7 Å². The van der Waals surface area contributed by atoms with E-state index in [1.807, 2.05) is 0 Å². The average Bonchev–Trinajstić information content (AvgIpc) is 3.86. The Morgan fingerprint density at radius 2 is 1.02 bits per heavy atom. The summed E-state index contributed by atoms with van der Waals surface area (Å²) in [6.07, 6.45) is 8.44. The predicted octanol–water partition coefficient (Wildman–Crippen LogP) is 16.0. The van der Waals surface area contributed by atoms with Crippen LogP contribution >= 0.6 is 0 Å². The van der Waals surface area contributed by atoms with Crippen LogP contribution in [-0.4, -0.2) is 15.0 Å². The van der Waals surface area contributed by atoms with Crippen molar-refractivity contribution in [2.45, 2.75) is 63.2 Å². The van der Waals surface area contributed by atoms with Gasteiger partial charge in [-0.2, -0.15) is 0 Å². The van der Waals surface area contributed by atoms with Gasteiger partial charge in [0.1, 0.15) is 11.2 Å². The van der Waals surface area contributed by atoms with E-state index in [9.17, 15) is 0 Å². The quantitative estimate of drug-likeness (QED) is 0.167. The number of aromatic nitrogens is 3. The second-order valence-corrected chi connectivity index (χ2v) is 20.6. The number of hydrogen-bond acceptors (Lipinski definition) is 4. The molecule has 0 aliphatic heterocycles. The first-order valence-electron chi connectivity index (χ1n) is 24.0. The van der Waals surface area contributed by atoms with E-state index in [4.69, 9.17) is 19.4 Å². The van der Waals surface area contributed by atoms with Crippen LogP contribution in [0.4, 0.5) is 0 Å². The number of fused-ring (bicyclic) bond motifs is 8. The van der Waals surface area contributed by atoms with Crippen molar-refractivity contribution in [3.63, 3.8) is 0 Å². The highest BCUT2D eigenvalue weighted by Gasteiger charge is 2.51. The Hall–Kier alpha value is -7.17. The van der Waals surface area contributed by atoms with Crippen molar-refractivity contribution in [1.82, 2.24) is 15.0 Å². The average molecular weight is 852 g/mol. The second kappa shape index (κ2) is 14.2. The zero-order chi connectivity index (χ0) is 43.7. The van der Waals surface area contributed by atoms with Crippen molar-refractivity contribution in [3.8, 4) is 67.5 Å². The van der Waals surface area contributed by atoms with Crippen molar-refractivity contribution in [2.75, 3.05) is 0 Å². The first-order chi connectivity index (χ1) is 32.3. The van der Waals surface area contributed by atoms with Gasteiger partial charge in [-0.3, -0.25) is 0 Å². The van der Waals surface area contributed by atoms with Gasteiger partial charge >= 0.3 is 0 Å². The maximum absolute atomic E-state index is 7.08. The summed E-state index contributed by atoms with van der Waals surface area (Å²) in [7, 11) is 0. The van der Waals surface area contributed by atoms with Crippen molar-refractivity contribution in [2.24, 2.45) is 17.8 Å². The third-order valence-corrected chi connectivity index (χ3v) is 16.3. The molecule has 4 heteroatoms. The van der Waals surface area contributed by atoms with Crippen molar-refractivity contribution in [1.29, 1.82) is 0 Å². The highest BCUT2D eigenvalue weighted by Crippen LogP contribution is 2.61. The summed E-state index contributed by atoms with van der Waals surface area (Å²) in [6.45, 7) is 4.64.